The van der Waals surface area contributed by atoms with Crippen molar-refractivity contribution < 1.29 is 29.0 Å². The number of hydrogen-bond donors (Lipinski definition) is 2. The summed E-state index contributed by atoms with van der Waals surface area (Å²) in [5, 5.41) is 14.9. The highest BCUT2D eigenvalue weighted by atomic mass is 16.6. The second-order valence-electron chi connectivity index (χ2n) is 16.8. The van der Waals surface area contributed by atoms with Crippen LogP contribution in [0, 0.1) is 0 Å². The Hall–Kier alpha value is -6.63. The third-order valence-corrected chi connectivity index (χ3v) is 12.1. The smallest absolute Gasteiger partial charge is 0.415 e. The Morgan fingerprint density at radius 1 is 0.803 bits per heavy atom. The maximum absolute atomic E-state index is 13.5. The van der Waals surface area contributed by atoms with Crippen LogP contribution in [0.2, 0.25) is 0 Å². The van der Waals surface area contributed by atoms with E-state index in [4.69, 9.17) is 14.5 Å². The van der Waals surface area contributed by atoms with E-state index < -0.39 is 17.7 Å². The van der Waals surface area contributed by atoms with Gasteiger partial charge < -0.3 is 29.4 Å². The molecule has 12 heteroatoms. The number of ether oxygens (including phenoxy) is 2. The highest BCUT2D eigenvalue weighted by Gasteiger charge is 2.45. The summed E-state index contributed by atoms with van der Waals surface area (Å²) in [5.41, 5.74) is 2.83. The average Bonchev–Trinajstić information content (AvgIpc) is 3.68. The normalized spacial score (nSPS) is 17.5. The number of carbonyl (C=O) groups excluding carboxylic acids is 3. The molecule has 0 unspecified atom stereocenters. The maximum atomic E-state index is 13.5. The molecule has 7 rings (SSSR count). The van der Waals surface area contributed by atoms with Crippen LogP contribution in [0.5, 0.6) is 5.75 Å². The Morgan fingerprint density at radius 3 is 2.08 bits per heavy atom. The van der Waals surface area contributed by atoms with E-state index in [1.54, 1.807) is 40.7 Å². The van der Waals surface area contributed by atoms with Crippen molar-refractivity contribution >= 4 is 34.6 Å². The van der Waals surface area contributed by atoms with Gasteiger partial charge in [0, 0.05) is 61.3 Å². The van der Waals surface area contributed by atoms with Gasteiger partial charge in [-0.25, -0.2) is 14.6 Å². The summed E-state index contributed by atoms with van der Waals surface area (Å²) in [6.07, 6.45) is 32.6. The van der Waals surface area contributed by atoms with E-state index in [9.17, 15) is 24.3 Å². The fourth-order valence-electron chi connectivity index (χ4n) is 8.31. The number of rotatable bonds is 19. The molecule has 0 aliphatic carbocycles. The first-order valence-electron chi connectivity index (χ1n) is 23.3. The minimum absolute atomic E-state index is 0.0141. The molecule has 3 aliphatic heterocycles. The van der Waals surface area contributed by atoms with Crippen LogP contribution in [-0.2, 0) is 39.6 Å². The zero-order valence-electron chi connectivity index (χ0n) is 38.1. The maximum Gasteiger partial charge on any atom is 0.415 e. The van der Waals surface area contributed by atoms with Crippen molar-refractivity contribution in [2.45, 2.75) is 96.9 Å². The van der Waals surface area contributed by atoms with Gasteiger partial charge in [0.2, 0.25) is 5.91 Å². The molecule has 66 heavy (non-hydrogen) atoms. The number of carbonyl (C=O) groups is 3. The summed E-state index contributed by atoms with van der Waals surface area (Å²) in [6, 6.07) is 16.8. The van der Waals surface area contributed by atoms with Crippen molar-refractivity contribution in [3.05, 3.63) is 160 Å². The summed E-state index contributed by atoms with van der Waals surface area (Å²) in [7, 11) is 0. The topological polar surface area (TPSA) is 143 Å². The number of nitrogens with zero attached hydrogens (tertiary/aromatic N) is 4. The van der Waals surface area contributed by atoms with Gasteiger partial charge in [0.25, 0.3) is 5.56 Å². The fourth-order valence-corrected chi connectivity index (χ4v) is 8.31. The Morgan fingerprint density at radius 2 is 1.44 bits per heavy atom. The minimum atomic E-state index is -1.89. The number of benzene rings is 2. The molecule has 5 heterocycles. The first-order chi connectivity index (χ1) is 32.2. The molecule has 0 spiro atoms. The van der Waals surface area contributed by atoms with Crippen LogP contribution in [-0.4, -0.2) is 68.6 Å². The Balaban J connectivity index is 0.789. The summed E-state index contributed by atoms with van der Waals surface area (Å²) < 4.78 is 12.6. The zero-order chi connectivity index (χ0) is 46.3. The number of allylic oxidation sites excluding steroid dienone is 12. The number of hydrogen-bond acceptors (Lipinski definition) is 9. The molecule has 2 amide bonds. The average molecular weight is 892 g/mol. The molecular formula is C54H61N5O7. The third kappa shape index (κ3) is 12.0. The number of nitrogens with one attached hydrogen (secondary N) is 1. The van der Waals surface area contributed by atoms with Crippen molar-refractivity contribution in [3.8, 4) is 17.1 Å². The third-order valence-electron chi connectivity index (χ3n) is 12.1. The van der Waals surface area contributed by atoms with Gasteiger partial charge >= 0.3 is 12.1 Å². The molecule has 0 saturated carbocycles. The standard InChI is InChI=1S/C54H61N5O7/c1-3-5-6-7-8-9-10-11-12-13-14-15-16-17-18-19-20-21-22-23-49(60)55-43-26-24-40(25-27-43)37-57-30-32-58(33-31-57)53(63)66-44-28-29-47-41(35-44)34-42-38-59-48(50(42)56-47)36-46-45(51(59)61)39-65-52(62)54(46,64)4-2/h5-6,8-9,11-12,14-15,17-18,20-21,24-29,34-36,64H,3-4,7,10,13,16,19,22-23,30-33,37-39H2,1-2H3,(H,55,60)/t54-/m0/s1. The van der Waals surface area contributed by atoms with Crippen molar-refractivity contribution in [1.82, 2.24) is 19.4 Å². The van der Waals surface area contributed by atoms with Crippen molar-refractivity contribution in [2.75, 3.05) is 31.5 Å². The van der Waals surface area contributed by atoms with E-state index in [-0.39, 0.29) is 42.2 Å². The molecule has 12 nitrogen and oxygen atoms in total. The van der Waals surface area contributed by atoms with E-state index >= 15 is 0 Å². The molecule has 1 saturated heterocycles. The predicted octanol–water partition coefficient (Wildman–Crippen LogP) is 9.81. The number of piperazine rings is 1. The van der Waals surface area contributed by atoms with Crippen LogP contribution in [0.15, 0.2) is 132 Å². The molecule has 2 aromatic carbocycles. The number of aliphatic hydroxyl groups is 1. The molecule has 1 fully saturated rings. The number of esters is 1. The van der Waals surface area contributed by atoms with Crippen LogP contribution in [0.1, 0.15) is 93.9 Å². The van der Waals surface area contributed by atoms with E-state index in [0.29, 0.717) is 61.7 Å². The largest absolute Gasteiger partial charge is 0.458 e. The Kier molecular flexibility index (Phi) is 16.5. The highest BCUT2D eigenvalue weighted by molar-refractivity contribution is 5.91. The van der Waals surface area contributed by atoms with Crippen molar-refractivity contribution in [1.29, 1.82) is 0 Å². The number of aromatic nitrogens is 2. The van der Waals surface area contributed by atoms with Crippen LogP contribution < -0.4 is 15.6 Å². The number of anilines is 1. The lowest BCUT2D eigenvalue weighted by Crippen LogP contribution is -2.49. The van der Waals surface area contributed by atoms with Gasteiger partial charge in [-0.3, -0.25) is 14.5 Å². The number of fused-ring (bicyclic) bond motifs is 5. The molecule has 1 atom stereocenters. The van der Waals surface area contributed by atoms with Gasteiger partial charge in [-0.1, -0.05) is 98.9 Å². The summed E-state index contributed by atoms with van der Waals surface area (Å²) in [4.78, 5) is 60.7. The number of cyclic esters (lactones) is 1. The van der Waals surface area contributed by atoms with Gasteiger partial charge in [-0.05, 0) is 99.4 Å². The van der Waals surface area contributed by atoms with E-state index in [1.807, 2.05) is 30.3 Å². The molecule has 4 aromatic rings. The van der Waals surface area contributed by atoms with Gasteiger partial charge in [0.05, 0.1) is 29.0 Å². The van der Waals surface area contributed by atoms with Crippen LogP contribution in [0.3, 0.4) is 0 Å². The number of amides is 2. The summed E-state index contributed by atoms with van der Waals surface area (Å²) in [5.74, 6) is -0.380. The number of pyridine rings is 2. The van der Waals surface area contributed by atoms with E-state index in [1.165, 1.54) is 0 Å². The minimum Gasteiger partial charge on any atom is -0.458 e. The lowest BCUT2D eigenvalue weighted by atomic mass is 9.86. The summed E-state index contributed by atoms with van der Waals surface area (Å²) in [6.45, 7) is 7.06. The van der Waals surface area contributed by atoms with E-state index in [2.05, 4.69) is 90.1 Å². The van der Waals surface area contributed by atoms with Crippen LogP contribution in [0.25, 0.3) is 22.3 Å². The molecule has 2 N–H and O–H groups in total. The van der Waals surface area contributed by atoms with Gasteiger partial charge in [-0.2, -0.15) is 0 Å². The molecule has 0 radical (unpaired) electrons. The lowest BCUT2D eigenvalue weighted by Gasteiger charge is -2.34. The quantitative estimate of drug-likeness (QED) is 0.0612. The Bertz CT molecular complexity index is 2610. The highest BCUT2D eigenvalue weighted by Crippen LogP contribution is 2.39. The zero-order valence-corrected chi connectivity index (χ0v) is 38.1. The van der Waals surface area contributed by atoms with Crippen LogP contribution in [0.4, 0.5) is 10.5 Å². The van der Waals surface area contributed by atoms with Crippen molar-refractivity contribution in [3.63, 3.8) is 0 Å². The van der Waals surface area contributed by atoms with Gasteiger partial charge in [0.1, 0.15) is 12.4 Å². The predicted molar refractivity (Wildman–Crippen MR) is 260 cm³/mol. The molecule has 2 aromatic heterocycles. The van der Waals surface area contributed by atoms with Crippen LogP contribution >= 0.6 is 0 Å². The second-order valence-corrected chi connectivity index (χ2v) is 16.8. The van der Waals surface area contributed by atoms with Crippen molar-refractivity contribution in [2.24, 2.45) is 0 Å². The molecule has 344 valence electrons. The van der Waals surface area contributed by atoms with Gasteiger partial charge in [0.15, 0.2) is 5.60 Å². The van der Waals surface area contributed by atoms with Gasteiger partial charge in [-0.15, -0.1) is 0 Å². The SMILES string of the molecule is CCC=CCC=CCC=CCC=CCC=CCC=CCCC(=O)Nc1ccc(CN2CCN(C(=O)Oc3ccc4nc5c(cc4c3)Cn3c-5cc4c(c3=O)COC(=O)[C@]4(O)CC)CC2)cc1. The first kappa shape index (κ1) is 47.3. The lowest BCUT2D eigenvalue weighted by molar-refractivity contribution is -0.172. The first-order valence-corrected chi connectivity index (χ1v) is 23.3. The second kappa shape index (κ2) is 23.0. The fraction of sp³-hybridized carbons (Fsp3) is 0.352. The van der Waals surface area contributed by atoms with E-state index in [0.717, 1.165) is 67.3 Å². The Labute approximate surface area is 387 Å². The molecular weight excluding hydrogens is 831 g/mol. The summed E-state index contributed by atoms with van der Waals surface area (Å²) >= 11 is 0. The molecule has 0 bridgehead atoms. The monoisotopic (exact) mass is 891 g/mol. The molecule has 3 aliphatic rings.